The minimum Gasteiger partial charge on any atom is -0.298 e. The van der Waals surface area contributed by atoms with Crippen LogP contribution in [0.4, 0.5) is 0 Å². The fourth-order valence-electron chi connectivity index (χ4n) is 2.92. The lowest BCUT2D eigenvalue weighted by atomic mass is 9.98. The molecular weight excluding hydrogens is 354 g/mol. The third-order valence-corrected chi connectivity index (χ3v) is 4.97. The number of hydrogen-bond donors (Lipinski definition) is 0. The normalized spacial score (nSPS) is 10.9. The van der Waals surface area contributed by atoms with Gasteiger partial charge in [-0.3, -0.25) is 4.79 Å². The van der Waals surface area contributed by atoms with E-state index in [4.69, 9.17) is 4.98 Å². The first-order chi connectivity index (χ1) is 13.3. The number of carbonyl (C=O) groups excluding carboxylic acids is 1. The van der Waals surface area contributed by atoms with Crippen LogP contribution in [0, 0.1) is 0 Å². The zero-order valence-corrected chi connectivity index (χ0v) is 15.6. The van der Waals surface area contributed by atoms with Gasteiger partial charge in [0.05, 0.1) is 5.69 Å². The number of carbonyl (C=O) groups is 1. The summed E-state index contributed by atoms with van der Waals surface area (Å²) in [6, 6.07) is 19.7. The number of nitrogens with zero attached hydrogens (tertiary/aromatic N) is 3. The molecule has 2 aromatic heterocycles. The molecular formula is C22H17N3OS. The molecule has 0 aliphatic heterocycles. The highest BCUT2D eigenvalue weighted by molar-refractivity contribution is 7.99. The molecule has 0 aliphatic rings. The molecule has 2 aromatic carbocycles. The van der Waals surface area contributed by atoms with Crippen molar-refractivity contribution < 1.29 is 4.79 Å². The summed E-state index contributed by atoms with van der Waals surface area (Å²) < 4.78 is 0. The fraction of sp³-hybridized carbons (Fsp3) is 0.0909. The van der Waals surface area contributed by atoms with Crippen LogP contribution in [0.3, 0.4) is 0 Å². The highest BCUT2D eigenvalue weighted by atomic mass is 32.2. The monoisotopic (exact) mass is 371 g/mol. The van der Waals surface area contributed by atoms with Crippen molar-refractivity contribution in [3.05, 3.63) is 72.4 Å². The zero-order valence-electron chi connectivity index (χ0n) is 14.8. The van der Waals surface area contributed by atoms with E-state index in [9.17, 15) is 4.79 Å². The number of benzene rings is 2. The summed E-state index contributed by atoms with van der Waals surface area (Å²) >= 11 is 1.60. The molecule has 0 spiro atoms. The Morgan fingerprint density at radius 1 is 0.963 bits per heavy atom. The van der Waals surface area contributed by atoms with Crippen molar-refractivity contribution in [3.63, 3.8) is 0 Å². The van der Waals surface area contributed by atoms with Crippen molar-refractivity contribution in [1.82, 2.24) is 15.0 Å². The summed E-state index contributed by atoms with van der Waals surface area (Å²) in [6.45, 7) is 2.07. The number of fused-ring (bicyclic) bond motifs is 1. The van der Waals surface area contributed by atoms with E-state index < -0.39 is 0 Å². The van der Waals surface area contributed by atoms with Crippen LogP contribution in [0.5, 0.6) is 0 Å². The summed E-state index contributed by atoms with van der Waals surface area (Å²) in [6.07, 6.45) is 2.68. The van der Waals surface area contributed by atoms with E-state index in [-0.39, 0.29) is 0 Å². The Labute approximate surface area is 161 Å². The molecule has 0 N–H and O–H groups in total. The summed E-state index contributed by atoms with van der Waals surface area (Å²) in [5, 5.41) is 1.63. The van der Waals surface area contributed by atoms with Gasteiger partial charge in [0, 0.05) is 28.3 Å². The minimum absolute atomic E-state index is 0.643. The van der Waals surface area contributed by atoms with Gasteiger partial charge in [0.15, 0.2) is 10.8 Å². The molecule has 0 saturated heterocycles. The van der Waals surface area contributed by atoms with Crippen molar-refractivity contribution >= 4 is 29.1 Å². The van der Waals surface area contributed by atoms with Crippen molar-refractivity contribution in [1.29, 1.82) is 0 Å². The molecule has 0 unspecified atom stereocenters. The van der Waals surface area contributed by atoms with E-state index in [1.807, 2.05) is 36.5 Å². The highest BCUT2D eigenvalue weighted by Gasteiger charge is 2.13. The Kier molecular flexibility index (Phi) is 4.94. The van der Waals surface area contributed by atoms with Gasteiger partial charge in [-0.05, 0) is 17.4 Å². The molecule has 4 rings (SSSR count). The summed E-state index contributed by atoms with van der Waals surface area (Å²) in [7, 11) is 0. The lowest BCUT2D eigenvalue weighted by molar-refractivity contribution is 0.112. The molecule has 0 saturated carbocycles. The highest BCUT2D eigenvalue weighted by Crippen LogP contribution is 2.33. The van der Waals surface area contributed by atoms with Gasteiger partial charge in [-0.25, -0.2) is 15.0 Å². The molecule has 0 bridgehead atoms. The van der Waals surface area contributed by atoms with Crippen LogP contribution in [0.2, 0.25) is 0 Å². The number of rotatable bonds is 5. The molecule has 5 heteroatoms. The van der Waals surface area contributed by atoms with Crippen molar-refractivity contribution in [3.8, 4) is 22.4 Å². The SMILES string of the molecule is CCSc1ncc2cc(-c3ccccc3)c(-c3ccc(C=O)cc3)nc2n1. The van der Waals surface area contributed by atoms with Gasteiger partial charge in [-0.1, -0.05) is 73.3 Å². The molecule has 0 amide bonds. The van der Waals surface area contributed by atoms with Gasteiger partial charge in [0.2, 0.25) is 0 Å². The van der Waals surface area contributed by atoms with Crippen LogP contribution in [-0.4, -0.2) is 27.0 Å². The molecule has 132 valence electrons. The van der Waals surface area contributed by atoms with Crippen LogP contribution in [-0.2, 0) is 0 Å². The Morgan fingerprint density at radius 2 is 1.74 bits per heavy atom. The van der Waals surface area contributed by atoms with Crippen LogP contribution in [0.1, 0.15) is 17.3 Å². The van der Waals surface area contributed by atoms with Gasteiger partial charge in [-0.15, -0.1) is 0 Å². The van der Waals surface area contributed by atoms with Gasteiger partial charge in [0.25, 0.3) is 0 Å². The second kappa shape index (κ2) is 7.68. The molecule has 2 heterocycles. The third-order valence-electron chi connectivity index (χ3n) is 4.22. The Bertz CT molecular complexity index is 1100. The average molecular weight is 371 g/mol. The summed E-state index contributed by atoms with van der Waals surface area (Å²) in [4.78, 5) is 24.9. The zero-order chi connectivity index (χ0) is 18.6. The maximum Gasteiger partial charge on any atom is 0.189 e. The first-order valence-corrected chi connectivity index (χ1v) is 9.68. The van der Waals surface area contributed by atoms with Crippen molar-refractivity contribution in [2.24, 2.45) is 0 Å². The average Bonchev–Trinajstić information content (AvgIpc) is 2.74. The van der Waals surface area contributed by atoms with Crippen LogP contribution in [0.25, 0.3) is 33.4 Å². The number of pyridine rings is 1. The van der Waals surface area contributed by atoms with Crippen LogP contribution in [0.15, 0.2) is 72.0 Å². The molecule has 0 atom stereocenters. The molecule has 4 nitrogen and oxygen atoms in total. The van der Waals surface area contributed by atoms with Gasteiger partial charge >= 0.3 is 0 Å². The lowest BCUT2D eigenvalue weighted by Gasteiger charge is -2.11. The van der Waals surface area contributed by atoms with Gasteiger partial charge in [0.1, 0.15) is 6.29 Å². The first-order valence-electron chi connectivity index (χ1n) is 8.70. The second-order valence-electron chi connectivity index (χ2n) is 5.99. The quantitative estimate of drug-likeness (QED) is 0.271. The van der Waals surface area contributed by atoms with E-state index in [1.54, 1.807) is 23.9 Å². The predicted octanol–water partition coefficient (Wildman–Crippen LogP) is 5.28. The second-order valence-corrected chi connectivity index (χ2v) is 7.22. The van der Waals surface area contributed by atoms with Crippen molar-refractivity contribution in [2.75, 3.05) is 5.75 Å². The van der Waals surface area contributed by atoms with Gasteiger partial charge in [-0.2, -0.15) is 0 Å². The fourth-order valence-corrected chi connectivity index (χ4v) is 3.46. The number of hydrogen-bond acceptors (Lipinski definition) is 5. The predicted molar refractivity (Wildman–Crippen MR) is 110 cm³/mol. The number of thioether (sulfide) groups is 1. The number of aromatic nitrogens is 3. The lowest BCUT2D eigenvalue weighted by Crippen LogP contribution is -1.96. The van der Waals surface area contributed by atoms with E-state index in [1.165, 1.54) is 0 Å². The van der Waals surface area contributed by atoms with Gasteiger partial charge < -0.3 is 0 Å². The number of aldehydes is 1. The first kappa shape index (κ1) is 17.4. The Hall–Kier alpha value is -3.05. The molecule has 0 radical (unpaired) electrons. The topological polar surface area (TPSA) is 55.7 Å². The summed E-state index contributed by atoms with van der Waals surface area (Å²) in [5.74, 6) is 0.910. The van der Waals surface area contributed by atoms with Crippen molar-refractivity contribution in [2.45, 2.75) is 12.1 Å². The smallest absolute Gasteiger partial charge is 0.189 e. The largest absolute Gasteiger partial charge is 0.298 e. The van der Waals surface area contributed by atoms with Crippen LogP contribution >= 0.6 is 11.8 Å². The van der Waals surface area contributed by atoms with E-state index in [0.29, 0.717) is 11.2 Å². The van der Waals surface area contributed by atoms with Crippen LogP contribution < -0.4 is 0 Å². The van der Waals surface area contributed by atoms with E-state index in [0.717, 1.165) is 45.0 Å². The minimum atomic E-state index is 0.643. The van der Waals surface area contributed by atoms with E-state index in [2.05, 4.69) is 35.1 Å². The Balaban J connectivity index is 1.95. The maximum atomic E-state index is 11.0. The third kappa shape index (κ3) is 3.59. The molecule has 0 fully saturated rings. The molecule has 27 heavy (non-hydrogen) atoms. The summed E-state index contributed by atoms with van der Waals surface area (Å²) in [5.41, 5.74) is 5.21. The van der Waals surface area contributed by atoms with E-state index >= 15 is 0 Å². The molecule has 4 aromatic rings. The molecule has 0 aliphatic carbocycles. The standard InChI is InChI=1S/C22H17N3OS/c1-2-27-22-23-13-18-12-19(16-6-4-3-5-7-16)20(24-21(18)25-22)17-10-8-15(14-26)9-11-17/h3-14H,2H2,1H3. The Morgan fingerprint density at radius 3 is 2.44 bits per heavy atom. The maximum absolute atomic E-state index is 11.0.